The standard InChI is InChI=1S/C33H32N2O5S/c1-5-38-27-18-24(14-17-26(27)40-20-23-10-8-7-9-11-23)19-28-31(36)35-30(25-15-12-21(3)13-16-25)29(32(37)39-6-2)22(4)34-33(35)41-28/h7-19,30H,5-6,20H2,1-4H3. The number of nitrogens with zero attached hydrogens (tertiary/aromatic N) is 2. The highest BCUT2D eigenvalue weighted by atomic mass is 32.1. The monoisotopic (exact) mass is 568 g/mol. The second-order valence-electron chi connectivity index (χ2n) is 9.63. The first-order valence-electron chi connectivity index (χ1n) is 13.6. The van der Waals surface area contributed by atoms with E-state index in [4.69, 9.17) is 14.2 Å². The topological polar surface area (TPSA) is 79.1 Å². The van der Waals surface area contributed by atoms with Crippen molar-refractivity contribution in [2.45, 2.75) is 40.3 Å². The van der Waals surface area contributed by atoms with E-state index < -0.39 is 12.0 Å². The Morgan fingerprint density at radius 2 is 1.71 bits per heavy atom. The van der Waals surface area contributed by atoms with Crippen LogP contribution in [0, 0.1) is 6.92 Å². The number of allylic oxidation sites excluding steroid dienone is 1. The summed E-state index contributed by atoms with van der Waals surface area (Å²) in [4.78, 5) is 32.1. The maximum Gasteiger partial charge on any atom is 0.338 e. The summed E-state index contributed by atoms with van der Waals surface area (Å²) in [5.41, 5.74) is 4.43. The summed E-state index contributed by atoms with van der Waals surface area (Å²) in [5, 5.41) is 0. The number of esters is 1. The Hall–Kier alpha value is -4.43. The molecular weight excluding hydrogens is 536 g/mol. The number of hydrogen-bond donors (Lipinski definition) is 0. The third-order valence-corrected chi connectivity index (χ3v) is 7.70. The summed E-state index contributed by atoms with van der Waals surface area (Å²) in [6.45, 7) is 8.58. The molecular formula is C33H32N2O5S. The first-order valence-corrected chi connectivity index (χ1v) is 14.4. The molecule has 0 amide bonds. The Labute approximate surface area is 242 Å². The number of aryl methyl sites for hydroxylation is 1. The lowest BCUT2D eigenvalue weighted by atomic mass is 9.95. The molecule has 0 N–H and O–H groups in total. The van der Waals surface area contributed by atoms with Crippen LogP contribution >= 0.6 is 11.3 Å². The van der Waals surface area contributed by atoms with Crippen LogP contribution in [0.5, 0.6) is 11.5 Å². The normalized spacial score (nSPS) is 14.8. The van der Waals surface area contributed by atoms with E-state index >= 15 is 0 Å². The Balaban J connectivity index is 1.56. The maximum absolute atomic E-state index is 13.9. The highest BCUT2D eigenvalue weighted by Gasteiger charge is 2.33. The van der Waals surface area contributed by atoms with Crippen molar-refractivity contribution in [2.75, 3.05) is 13.2 Å². The van der Waals surface area contributed by atoms with Crippen molar-refractivity contribution in [1.82, 2.24) is 4.57 Å². The Morgan fingerprint density at radius 1 is 0.951 bits per heavy atom. The van der Waals surface area contributed by atoms with Crippen molar-refractivity contribution in [3.63, 3.8) is 0 Å². The Bertz CT molecular complexity index is 1770. The van der Waals surface area contributed by atoms with Crippen molar-refractivity contribution < 1.29 is 19.0 Å². The van der Waals surface area contributed by atoms with Crippen LogP contribution in [0.15, 0.2) is 93.9 Å². The maximum atomic E-state index is 13.9. The SMILES string of the molecule is CCOC(=O)C1=C(C)N=c2sc(=Cc3ccc(OCc4ccccc4)c(OCC)c3)c(=O)n2C1c1ccc(C)cc1. The van der Waals surface area contributed by atoms with Crippen LogP contribution in [-0.2, 0) is 16.1 Å². The minimum atomic E-state index is -0.638. The predicted octanol–water partition coefficient (Wildman–Crippen LogP) is 5.08. The smallest absolute Gasteiger partial charge is 0.338 e. The summed E-state index contributed by atoms with van der Waals surface area (Å²) in [5.74, 6) is 0.757. The van der Waals surface area contributed by atoms with Gasteiger partial charge in [0, 0.05) is 0 Å². The molecule has 0 aliphatic carbocycles. The van der Waals surface area contributed by atoms with Gasteiger partial charge in [-0.3, -0.25) is 9.36 Å². The third-order valence-electron chi connectivity index (χ3n) is 6.71. The van der Waals surface area contributed by atoms with Gasteiger partial charge in [-0.15, -0.1) is 0 Å². The van der Waals surface area contributed by atoms with Crippen LogP contribution in [0.3, 0.4) is 0 Å². The summed E-state index contributed by atoms with van der Waals surface area (Å²) in [6.07, 6.45) is 1.82. The molecule has 1 aliphatic heterocycles. The molecule has 0 saturated heterocycles. The van der Waals surface area contributed by atoms with Crippen molar-refractivity contribution in [2.24, 2.45) is 4.99 Å². The lowest BCUT2D eigenvalue weighted by Crippen LogP contribution is -2.39. The minimum absolute atomic E-state index is 0.226. The lowest BCUT2D eigenvalue weighted by molar-refractivity contribution is -0.139. The van der Waals surface area contributed by atoms with Crippen molar-refractivity contribution in [3.05, 3.63) is 126 Å². The van der Waals surface area contributed by atoms with Gasteiger partial charge in [-0.1, -0.05) is 77.6 Å². The summed E-state index contributed by atoms with van der Waals surface area (Å²) >= 11 is 1.29. The van der Waals surface area contributed by atoms with E-state index in [0.29, 0.717) is 45.3 Å². The number of benzene rings is 3. The second-order valence-corrected chi connectivity index (χ2v) is 10.6. The van der Waals surface area contributed by atoms with E-state index in [1.165, 1.54) is 11.3 Å². The number of thiazole rings is 1. The molecule has 4 aromatic rings. The highest BCUT2D eigenvalue weighted by Crippen LogP contribution is 2.32. The summed E-state index contributed by atoms with van der Waals surface area (Å²) in [7, 11) is 0. The molecule has 210 valence electrons. The molecule has 3 aromatic carbocycles. The second kappa shape index (κ2) is 12.4. The van der Waals surface area contributed by atoms with E-state index in [-0.39, 0.29) is 12.2 Å². The molecule has 41 heavy (non-hydrogen) atoms. The highest BCUT2D eigenvalue weighted by molar-refractivity contribution is 7.07. The van der Waals surface area contributed by atoms with Gasteiger partial charge in [-0.2, -0.15) is 0 Å². The van der Waals surface area contributed by atoms with Gasteiger partial charge in [-0.25, -0.2) is 9.79 Å². The van der Waals surface area contributed by atoms with Crippen molar-refractivity contribution in [3.8, 4) is 11.5 Å². The van der Waals surface area contributed by atoms with E-state index in [1.807, 2.05) is 92.7 Å². The zero-order chi connectivity index (χ0) is 28.9. The molecule has 7 nitrogen and oxygen atoms in total. The van der Waals surface area contributed by atoms with Crippen LogP contribution in [0.2, 0.25) is 0 Å². The van der Waals surface area contributed by atoms with Crippen molar-refractivity contribution >= 4 is 23.4 Å². The zero-order valence-corrected chi connectivity index (χ0v) is 24.4. The Kier molecular flexibility index (Phi) is 8.50. The fourth-order valence-electron chi connectivity index (χ4n) is 4.74. The summed E-state index contributed by atoms with van der Waals surface area (Å²) in [6, 6.07) is 22.7. The van der Waals surface area contributed by atoms with E-state index in [2.05, 4.69) is 4.99 Å². The zero-order valence-electron chi connectivity index (χ0n) is 23.5. The molecule has 5 rings (SSSR count). The number of carbonyl (C=O) groups is 1. The molecule has 0 fully saturated rings. The van der Waals surface area contributed by atoms with Crippen LogP contribution in [0.25, 0.3) is 6.08 Å². The molecule has 1 unspecified atom stereocenters. The van der Waals surface area contributed by atoms with Gasteiger partial charge in [0.05, 0.1) is 35.1 Å². The molecule has 1 aromatic heterocycles. The molecule has 8 heteroatoms. The largest absolute Gasteiger partial charge is 0.490 e. The molecule has 0 spiro atoms. The van der Waals surface area contributed by atoms with E-state index in [1.54, 1.807) is 18.4 Å². The number of aromatic nitrogens is 1. The van der Waals surface area contributed by atoms with Gasteiger partial charge < -0.3 is 14.2 Å². The number of hydrogen-bond acceptors (Lipinski definition) is 7. The molecule has 0 bridgehead atoms. The van der Waals surface area contributed by atoms with Crippen molar-refractivity contribution in [1.29, 1.82) is 0 Å². The first kappa shape index (κ1) is 28.1. The van der Waals surface area contributed by atoms with Gasteiger partial charge in [0.2, 0.25) is 0 Å². The number of rotatable bonds is 9. The van der Waals surface area contributed by atoms with Crippen LogP contribution in [-0.4, -0.2) is 23.8 Å². The number of fused-ring (bicyclic) bond motifs is 1. The minimum Gasteiger partial charge on any atom is -0.490 e. The van der Waals surface area contributed by atoms with E-state index in [0.717, 1.165) is 22.3 Å². The predicted molar refractivity (Wildman–Crippen MR) is 160 cm³/mol. The molecule has 0 saturated carbocycles. The van der Waals surface area contributed by atoms with Gasteiger partial charge in [0.1, 0.15) is 6.61 Å². The van der Waals surface area contributed by atoms with Crippen LogP contribution < -0.4 is 24.4 Å². The van der Waals surface area contributed by atoms with Gasteiger partial charge >= 0.3 is 5.97 Å². The van der Waals surface area contributed by atoms with Gasteiger partial charge in [0.15, 0.2) is 16.3 Å². The fraction of sp³-hybridized carbons (Fsp3) is 0.242. The molecule has 0 radical (unpaired) electrons. The van der Waals surface area contributed by atoms with Gasteiger partial charge in [-0.05, 0) is 62.6 Å². The first-order chi connectivity index (χ1) is 19.9. The number of carbonyl (C=O) groups excluding carboxylic acids is 1. The van der Waals surface area contributed by atoms with Gasteiger partial charge in [0.25, 0.3) is 5.56 Å². The van der Waals surface area contributed by atoms with Crippen LogP contribution in [0.4, 0.5) is 0 Å². The molecule has 1 atom stereocenters. The summed E-state index contributed by atoms with van der Waals surface area (Å²) < 4.78 is 19.4. The van der Waals surface area contributed by atoms with E-state index in [9.17, 15) is 9.59 Å². The third kappa shape index (κ3) is 6.02. The molecule has 2 heterocycles. The lowest BCUT2D eigenvalue weighted by Gasteiger charge is -2.24. The molecule has 1 aliphatic rings. The average molecular weight is 569 g/mol. The quantitative estimate of drug-likeness (QED) is 0.263. The fourth-order valence-corrected chi connectivity index (χ4v) is 5.79. The number of ether oxygens (including phenoxy) is 3. The Morgan fingerprint density at radius 3 is 2.41 bits per heavy atom. The van der Waals surface area contributed by atoms with Crippen LogP contribution in [0.1, 0.15) is 49.1 Å². The average Bonchev–Trinajstić information content (AvgIpc) is 3.27.